The second-order valence-electron chi connectivity index (χ2n) is 9.98. The van der Waals surface area contributed by atoms with Crippen LogP contribution in [0.4, 0.5) is 10.2 Å². The summed E-state index contributed by atoms with van der Waals surface area (Å²) in [6.45, 7) is 9.26. The third-order valence-corrected chi connectivity index (χ3v) is 7.15. The van der Waals surface area contributed by atoms with Crippen molar-refractivity contribution in [1.29, 1.82) is 0 Å². The Morgan fingerprint density at radius 2 is 2.03 bits per heavy atom. The highest BCUT2D eigenvalue weighted by Gasteiger charge is 2.28. The van der Waals surface area contributed by atoms with Crippen LogP contribution in [0.5, 0.6) is 17.4 Å². The maximum absolute atomic E-state index is 14.2. The van der Waals surface area contributed by atoms with Crippen LogP contribution < -0.4 is 19.7 Å². The van der Waals surface area contributed by atoms with E-state index in [4.69, 9.17) is 9.47 Å². The molecule has 4 heterocycles. The monoisotopic (exact) mass is 535 g/mol. The molecule has 0 aliphatic carbocycles. The average Bonchev–Trinajstić information content (AvgIpc) is 2.95. The predicted octanol–water partition coefficient (Wildman–Crippen LogP) is 3.76. The highest BCUT2D eigenvalue weighted by molar-refractivity contribution is 5.97. The lowest BCUT2D eigenvalue weighted by Crippen LogP contribution is -2.39. The van der Waals surface area contributed by atoms with E-state index in [-0.39, 0.29) is 35.2 Å². The maximum atomic E-state index is 14.2. The number of hydrogen-bond acceptors (Lipinski definition) is 9. The molecule has 0 bridgehead atoms. The summed E-state index contributed by atoms with van der Waals surface area (Å²) in [7, 11) is 0. The molecular weight excluding hydrogens is 501 g/mol. The van der Waals surface area contributed by atoms with Crippen LogP contribution in [0.1, 0.15) is 55.2 Å². The van der Waals surface area contributed by atoms with Crippen molar-refractivity contribution in [3.05, 3.63) is 59.4 Å². The van der Waals surface area contributed by atoms with Gasteiger partial charge in [-0.1, -0.05) is 0 Å². The molecule has 2 aromatic heterocycles. The number of carbonyl (C=O) groups is 1. The first-order valence-electron chi connectivity index (χ1n) is 13.5. The maximum Gasteiger partial charge on any atom is 0.282 e. The Bertz CT molecular complexity index is 1310. The van der Waals surface area contributed by atoms with Gasteiger partial charge in [0.05, 0.1) is 5.56 Å². The van der Waals surface area contributed by atoms with E-state index in [2.05, 4.69) is 30.4 Å². The normalized spacial score (nSPS) is 15.7. The number of ether oxygens (including phenoxy) is 2. The van der Waals surface area contributed by atoms with E-state index >= 15 is 0 Å². The van der Waals surface area contributed by atoms with Gasteiger partial charge in [0.1, 0.15) is 29.7 Å². The molecule has 11 heteroatoms. The number of carbonyl (C=O) groups excluding carboxylic acids is 1. The van der Waals surface area contributed by atoms with E-state index in [0.717, 1.165) is 49.4 Å². The molecule has 5 rings (SSSR count). The van der Waals surface area contributed by atoms with Gasteiger partial charge < -0.3 is 24.6 Å². The third-order valence-electron chi connectivity index (χ3n) is 7.15. The number of nitrogens with zero attached hydrogens (tertiary/aromatic N) is 6. The summed E-state index contributed by atoms with van der Waals surface area (Å²) in [6.07, 6.45) is 5.73. The van der Waals surface area contributed by atoms with Gasteiger partial charge in [-0.15, -0.1) is 10.2 Å². The van der Waals surface area contributed by atoms with Gasteiger partial charge in [0.15, 0.2) is 5.82 Å². The Hall–Kier alpha value is -3.86. The Balaban J connectivity index is 1.30. The summed E-state index contributed by atoms with van der Waals surface area (Å²) in [6, 6.07) is 5.79. The van der Waals surface area contributed by atoms with Crippen molar-refractivity contribution in [2.45, 2.75) is 58.7 Å². The first kappa shape index (κ1) is 26.7. The highest BCUT2D eigenvalue weighted by atomic mass is 19.1. The smallest absolute Gasteiger partial charge is 0.282 e. The van der Waals surface area contributed by atoms with Gasteiger partial charge in [0, 0.05) is 75.5 Å². The second-order valence-corrected chi connectivity index (χ2v) is 9.98. The molecule has 1 amide bonds. The van der Waals surface area contributed by atoms with Crippen LogP contribution in [-0.4, -0.2) is 69.3 Å². The molecule has 0 spiro atoms. The van der Waals surface area contributed by atoms with Gasteiger partial charge >= 0.3 is 0 Å². The van der Waals surface area contributed by atoms with Gasteiger partial charge in [-0.2, -0.15) is 0 Å². The van der Waals surface area contributed by atoms with Crippen LogP contribution in [0.3, 0.4) is 0 Å². The molecule has 10 nitrogen and oxygen atoms in total. The first-order chi connectivity index (χ1) is 18.9. The molecule has 1 fully saturated rings. The van der Waals surface area contributed by atoms with Crippen molar-refractivity contribution in [3.8, 4) is 17.4 Å². The van der Waals surface area contributed by atoms with Gasteiger partial charge in [-0.05, 0) is 45.0 Å². The van der Waals surface area contributed by atoms with Gasteiger partial charge in [-0.3, -0.25) is 9.78 Å². The van der Waals surface area contributed by atoms with Crippen LogP contribution >= 0.6 is 0 Å². The quantitative estimate of drug-likeness (QED) is 0.462. The zero-order valence-corrected chi connectivity index (χ0v) is 22.6. The third kappa shape index (κ3) is 5.93. The van der Waals surface area contributed by atoms with Crippen LogP contribution in [0.25, 0.3) is 0 Å². The minimum Gasteiger partial charge on any atom is -0.490 e. The van der Waals surface area contributed by atoms with E-state index in [0.29, 0.717) is 25.5 Å². The number of hydrogen-bond donors (Lipinski definition) is 1. The van der Waals surface area contributed by atoms with Crippen LogP contribution in [0.2, 0.25) is 0 Å². The molecule has 1 N–H and O–H groups in total. The second kappa shape index (κ2) is 11.9. The molecule has 0 radical (unpaired) electrons. The summed E-state index contributed by atoms with van der Waals surface area (Å²) in [4.78, 5) is 25.9. The number of amides is 1. The molecule has 0 unspecified atom stereocenters. The molecule has 1 aromatic carbocycles. The Morgan fingerprint density at radius 1 is 1.21 bits per heavy atom. The fraction of sp³-hybridized carbons (Fsp3) is 0.464. The summed E-state index contributed by atoms with van der Waals surface area (Å²) in [5.41, 5.74) is 2.38. The van der Waals surface area contributed by atoms with Gasteiger partial charge in [0.25, 0.3) is 11.8 Å². The van der Waals surface area contributed by atoms with Crippen molar-refractivity contribution >= 4 is 11.7 Å². The molecule has 2 aliphatic heterocycles. The standard InChI is InChI=1S/C28H34FN7O3/c1-4-36(18(2)3)28(37)21-15-19(29)5-6-24(21)39-27-26(32-17-33-34-27)35-13-9-20(10-14-35)38-25-8-12-31-23-7-11-30-16-22(23)25/h5-6,8,12,15,17-18,20,30H,4,7,9-11,13-14,16H2,1-3H3. The minimum absolute atomic E-state index is 0.0511. The van der Waals surface area contributed by atoms with E-state index in [1.807, 2.05) is 33.0 Å². The minimum atomic E-state index is -0.517. The summed E-state index contributed by atoms with van der Waals surface area (Å²) >= 11 is 0. The topological polar surface area (TPSA) is 106 Å². The van der Waals surface area contributed by atoms with Crippen LogP contribution in [0, 0.1) is 5.82 Å². The molecule has 3 aromatic rings. The van der Waals surface area contributed by atoms with Crippen molar-refractivity contribution in [2.24, 2.45) is 0 Å². The number of rotatable bonds is 8. The number of nitrogens with one attached hydrogen (secondary N) is 1. The summed E-state index contributed by atoms with van der Waals surface area (Å²) in [5, 5.41) is 11.5. The summed E-state index contributed by atoms with van der Waals surface area (Å²) < 4.78 is 26.7. The zero-order chi connectivity index (χ0) is 27.4. The summed E-state index contributed by atoms with van der Waals surface area (Å²) in [5.74, 6) is 0.961. The number of pyridine rings is 1. The predicted molar refractivity (Wildman–Crippen MR) is 144 cm³/mol. The van der Waals surface area contributed by atoms with Crippen LogP contribution in [-0.2, 0) is 13.0 Å². The molecule has 1 saturated heterocycles. The Kier molecular flexibility index (Phi) is 8.16. The fourth-order valence-electron chi connectivity index (χ4n) is 5.12. The molecule has 206 valence electrons. The Labute approximate surface area is 227 Å². The number of benzene rings is 1. The van der Waals surface area contributed by atoms with Gasteiger partial charge in [-0.25, -0.2) is 9.37 Å². The molecular formula is C28H34FN7O3. The highest BCUT2D eigenvalue weighted by Crippen LogP contribution is 2.33. The number of halogens is 1. The van der Waals surface area contributed by atoms with Crippen molar-refractivity contribution in [2.75, 3.05) is 31.1 Å². The van der Waals surface area contributed by atoms with Crippen LogP contribution in [0.15, 0.2) is 36.8 Å². The molecule has 0 saturated carbocycles. The van der Waals surface area contributed by atoms with E-state index in [9.17, 15) is 9.18 Å². The zero-order valence-electron chi connectivity index (χ0n) is 22.6. The number of aromatic nitrogens is 4. The first-order valence-corrected chi connectivity index (χ1v) is 13.5. The fourth-order valence-corrected chi connectivity index (χ4v) is 5.12. The van der Waals surface area contributed by atoms with Gasteiger partial charge in [0.2, 0.25) is 0 Å². The number of fused-ring (bicyclic) bond motifs is 1. The Morgan fingerprint density at radius 3 is 2.79 bits per heavy atom. The van der Waals surface area contributed by atoms with Crippen molar-refractivity contribution in [1.82, 2.24) is 30.4 Å². The number of anilines is 1. The van der Waals surface area contributed by atoms with E-state index in [1.54, 1.807) is 4.90 Å². The molecule has 0 atom stereocenters. The molecule has 2 aliphatic rings. The lowest BCUT2D eigenvalue weighted by molar-refractivity contribution is 0.0713. The SMILES string of the molecule is CCN(C(=O)c1cc(F)ccc1Oc1nncnc1N1CCC(Oc2ccnc3c2CNCC3)CC1)C(C)C. The lowest BCUT2D eigenvalue weighted by atomic mass is 10.1. The number of piperidine rings is 1. The average molecular weight is 536 g/mol. The lowest BCUT2D eigenvalue weighted by Gasteiger charge is -2.33. The largest absolute Gasteiger partial charge is 0.490 e. The molecule has 39 heavy (non-hydrogen) atoms. The van der Waals surface area contributed by atoms with E-state index < -0.39 is 5.82 Å². The van der Waals surface area contributed by atoms with Crippen molar-refractivity contribution in [3.63, 3.8) is 0 Å². The van der Waals surface area contributed by atoms with E-state index in [1.165, 1.54) is 24.5 Å². The van der Waals surface area contributed by atoms with Crippen molar-refractivity contribution < 1.29 is 18.7 Å².